The van der Waals surface area contributed by atoms with Crippen molar-refractivity contribution in [3.05, 3.63) is 157 Å². The summed E-state index contributed by atoms with van der Waals surface area (Å²) < 4.78 is 35.3. The van der Waals surface area contributed by atoms with Crippen molar-refractivity contribution in [3.8, 4) is 11.5 Å². The van der Waals surface area contributed by atoms with Gasteiger partial charge in [-0.2, -0.15) is 0 Å². The van der Waals surface area contributed by atoms with E-state index in [1.54, 1.807) is 42.5 Å². The van der Waals surface area contributed by atoms with E-state index in [2.05, 4.69) is 5.32 Å². The lowest BCUT2D eigenvalue weighted by atomic mass is 10.0. The van der Waals surface area contributed by atoms with Crippen molar-refractivity contribution in [1.29, 1.82) is 0 Å². The highest BCUT2D eigenvalue weighted by atomic mass is 32.2. The van der Waals surface area contributed by atoms with Crippen LogP contribution in [0.1, 0.15) is 18.1 Å². The number of para-hydroxylation sites is 1. The second kappa shape index (κ2) is 15.7. The largest absolute Gasteiger partial charge is 0.457 e. The van der Waals surface area contributed by atoms with Crippen LogP contribution in [0.3, 0.4) is 0 Å². The summed E-state index contributed by atoms with van der Waals surface area (Å²) in [4.78, 5) is 29.6. The van der Waals surface area contributed by atoms with Crippen LogP contribution < -0.4 is 14.4 Å². The van der Waals surface area contributed by atoms with Gasteiger partial charge in [-0.3, -0.25) is 13.9 Å². The monoisotopic (exact) mass is 647 g/mol. The minimum absolute atomic E-state index is 0.0385. The Hall–Kier alpha value is -5.41. The molecule has 5 aromatic rings. The molecule has 0 saturated heterocycles. The van der Waals surface area contributed by atoms with Gasteiger partial charge in [0.25, 0.3) is 10.0 Å². The molecule has 5 aromatic carbocycles. The van der Waals surface area contributed by atoms with Gasteiger partial charge in [0.15, 0.2) is 0 Å². The summed E-state index contributed by atoms with van der Waals surface area (Å²) in [6.07, 6.45) is 0.252. The number of likely N-dealkylation sites (N-methyl/N-ethyl adjacent to an activating group) is 1. The van der Waals surface area contributed by atoms with Gasteiger partial charge in [-0.1, -0.05) is 97.1 Å². The number of amides is 2. The first-order chi connectivity index (χ1) is 22.8. The molecule has 1 atom stereocenters. The van der Waals surface area contributed by atoms with E-state index in [0.717, 1.165) is 15.4 Å². The van der Waals surface area contributed by atoms with Crippen LogP contribution >= 0.6 is 0 Å². The molecule has 0 saturated carbocycles. The van der Waals surface area contributed by atoms with Crippen LogP contribution in [0.5, 0.6) is 11.5 Å². The molecule has 47 heavy (non-hydrogen) atoms. The van der Waals surface area contributed by atoms with Gasteiger partial charge in [0.2, 0.25) is 11.8 Å². The zero-order valence-corrected chi connectivity index (χ0v) is 26.9. The van der Waals surface area contributed by atoms with Crippen LogP contribution in [0.25, 0.3) is 0 Å². The average Bonchev–Trinajstić information content (AvgIpc) is 3.11. The summed E-state index contributed by atoms with van der Waals surface area (Å²) in [6.45, 7) is 1.77. The lowest BCUT2D eigenvalue weighted by Gasteiger charge is -2.33. The standard InChI is InChI=1S/C38H37N3O5S/c1-2-39-38(43)36(27-30-15-7-3-8-16-30)40(28-31-17-9-4-10-18-31)37(42)29-41(47(44,45)35-21-13-6-14-22-35)32-23-25-34(26-24-32)46-33-19-11-5-12-20-33/h3-26,36H,2,27-29H2,1H3,(H,39,43)/t36-/m0/s1. The first-order valence-corrected chi connectivity index (χ1v) is 16.8. The first-order valence-electron chi connectivity index (χ1n) is 15.4. The second-order valence-corrected chi connectivity index (χ2v) is 12.7. The molecule has 0 unspecified atom stereocenters. The number of sulfonamides is 1. The summed E-state index contributed by atoms with van der Waals surface area (Å²) in [5, 5.41) is 2.88. The Morgan fingerprint density at radius 2 is 1.19 bits per heavy atom. The Labute approximate surface area is 276 Å². The van der Waals surface area contributed by atoms with Gasteiger partial charge in [-0.05, 0) is 66.6 Å². The number of hydrogen-bond acceptors (Lipinski definition) is 5. The molecule has 2 amide bonds. The number of anilines is 1. The third-order valence-corrected chi connectivity index (χ3v) is 9.32. The number of nitrogens with one attached hydrogen (secondary N) is 1. The van der Waals surface area contributed by atoms with Crippen molar-refractivity contribution >= 4 is 27.5 Å². The van der Waals surface area contributed by atoms with Crippen LogP contribution in [-0.2, 0) is 32.6 Å². The quantitative estimate of drug-likeness (QED) is 0.150. The fourth-order valence-corrected chi connectivity index (χ4v) is 6.61. The molecule has 8 nitrogen and oxygen atoms in total. The normalized spacial score (nSPS) is 11.7. The third kappa shape index (κ3) is 8.65. The fourth-order valence-electron chi connectivity index (χ4n) is 5.18. The number of rotatable bonds is 14. The van der Waals surface area contributed by atoms with E-state index >= 15 is 0 Å². The summed E-state index contributed by atoms with van der Waals surface area (Å²) >= 11 is 0. The molecular weight excluding hydrogens is 611 g/mol. The molecular formula is C38H37N3O5S. The minimum atomic E-state index is -4.20. The highest BCUT2D eigenvalue weighted by molar-refractivity contribution is 7.92. The Morgan fingerprint density at radius 1 is 0.681 bits per heavy atom. The molecule has 0 bridgehead atoms. The van der Waals surface area contributed by atoms with Gasteiger partial charge in [0.1, 0.15) is 24.1 Å². The number of nitrogens with zero attached hydrogens (tertiary/aromatic N) is 2. The Morgan fingerprint density at radius 3 is 1.77 bits per heavy atom. The number of carbonyl (C=O) groups excluding carboxylic acids is 2. The first kappa shape index (κ1) is 33.0. The van der Waals surface area contributed by atoms with E-state index in [1.165, 1.54) is 17.0 Å². The SMILES string of the molecule is CCNC(=O)[C@H](Cc1ccccc1)N(Cc1ccccc1)C(=O)CN(c1ccc(Oc2ccccc2)cc1)S(=O)(=O)c1ccccc1. The van der Waals surface area contributed by atoms with Crippen molar-refractivity contribution in [3.63, 3.8) is 0 Å². The van der Waals surface area contributed by atoms with Crippen molar-refractivity contribution in [1.82, 2.24) is 10.2 Å². The van der Waals surface area contributed by atoms with Crippen LogP contribution in [0.15, 0.2) is 150 Å². The minimum Gasteiger partial charge on any atom is -0.457 e. The molecule has 0 spiro atoms. The Kier molecular flexibility index (Phi) is 11.0. The highest BCUT2D eigenvalue weighted by Crippen LogP contribution is 2.29. The van der Waals surface area contributed by atoms with E-state index in [9.17, 15) is 18.0 Å². The molecule has 0 aliphatic carbocycles. The zero-order chi connectivity index (χ0) is 33.1. The maximum absolute atomic E-state index is 14.5. The van der Waals surface area contributed by atoms with Gasteiger partial charge >= 0.3 is 0 Å². The smallest absolute Gasteiger partial charge is 0.264 e. The molecule has 0 aliphatic rings. The number of benzene rings is 5. The van der Waals surface area contributed by atoms with Crippen molar-refractivity contribution < 1.29 is 22.7 Å². The molecule has 5 rings (SSSR count). The highest BCUT2D eigenvalue weighted by Gasteiger charge is 2.34. The topological polar surface area (TPSA) is 96.0 Å². The summed E-state index contributed by atoms with van der Waals surface area (Å²) in [7, 11) is -4.20. The third-order valence-electron chi connectivity index (χ3n) is 7.53. The van der Waals surface area contributed by atoms with Crippen LogP contribution in [-0.4, -0.2) is 44.3 Å². The van der Waals surface area contributed by atoms with Gasteiger partial charge in [-0.15, -0.1) is 0 Å². The van der Waals surface area contributed by atoms with E-state index in [0.29, 0.717) is 18.0 Å². The number of ether oxygens (including phenoxy) is 1. The van der Waals surface area contributed by atoms with E-state index < -0.39 is 28.5 Å². The summed E-state index contributed by atoms with van der Waals surface area (Å²) in [5.41, 5.74) is 1.96. The summed E-state index contributed by atoms with van der Waals surface area (Å²) in [6, 6.07) is 41.7. The van der Waals surface area contributed by atoms with E-state index in [-0.39, 0.29) is 29.5 Å². The predicted molar refractivity (Wildman–Crippen MR) is 184 cm³/mol. The lowest BCUT2D eigenvalue weighted by Crippen LogP contribution is -2.53. The Bertz CT molecular complexity index is 1840. The second-order valence-electron chi connectivity index (χ2n) is 10.8. The summed E-state index contributed by atoms with van der Waals surface area (Å²) in [5.74, 6) is 0.300. The molecule has 9 heteroatoms. The molecule has 1 N–H and O–H groups in total. The van der Waals surface area contributed by atoms with E-state index in [1.807, 2.05) is 97.9 Å². The maximum atomic E-state index is 14.5. The molecule has 0 heterocycles. The molecule has 240 valence electrons. The molecule has 0 aliphatic heterocycles. The molecule has 0 aromatic heterocycles. The number of hydrogen-bond donors (Lipinski definition) is 1. The van der Waals surface area contributed by atoms with Crippen molar-refractivity contribution in [2.45, 2.75) is 30.8 Å². The van der Waals surface area contributed by atoms with Gasteiger partial charge in [-0.25, -0.2) is 8.42 Å². The molecule has 0 fully saturated rings. The average molecular weight is 648 g/mol. The number of carbonyl (C=O) groups is 2. The van der Waals surface area contributed by atoms with Crippen LogP contribution in [0.4, 0.5) is 5.69 Å². The maximum Gasteiger partial charge on any atom is 0.264 e. The van der Waals surface area contributed by atoms with Gasteiger partial charge < -0.3 is 15.0 Å². The van der Waals surface area contributed by atoms with E-state index in [4.69, 9.17) is 4.74 Å². The van der Waals surface area contributed by atoms with Crippen LogP contribution in [0.2, 0.25) is 0 Å². The van der Waals surface area contributed by atoms with Crippen molar-refractivity contribution in [2.24, 2.45) is 0 Å². The zero-order valence-electron chi connectivity index (χ0n) is 26.1. The van der Waals surface area contributed by atoms with Crippen molar-refractivity contribution in [2.75, 3.05) is 17.4 Å². The van der Waals surface area contributed by atoms with Crippen LogP contribution in [0, 0.1) is 0 Å². The van der Waals surface area contributed by atoms with Gasteiger partial charge in [0, 0.05) is 19.5 Å². The lowest BCUT2D eigenvalue weighted by molar-refractivity contribution is -0.140. The fraction of sp³-hybridized carbons (Fsp3) is 0.158. The predicted octanol–water partition coefficient (Wildman–Crippen LogP) is 6.45. The Balaban J connectivity index is 1.53. The molecule has 0 radical (unpaired) electrons. The van der Waals surface area contributed by atoms with Gasteiger partial charge in [0.05, 0.1) is 10.6 Å².